The highest BCUT2D eigenvalue weighted by atomic mass is 79.9. The zero-order valence-electron chi connectivity index (χ0n) is 14.6. The van der Waals surface area contributed by atoms with Crippen LogP contribution in [-0.2, 0) is 17.4 Å². The first-order chi connectivity index (χ1) is 11.6. The molecular formula is C18H21BrF2N2OS. The minimum Gasteiger partial charge on any atom is -0.258 e. The topological polar surface area (TPSA) is 42.0 Å². The van der Waals surface area contributed by atoms with Crippen molar-refractivity contribution in [1.82, 2.24) is 9.71 Å². The fraction of sp³-hybridized carbons (Fsp3) is 0.389. The number of hydrogen-bond donors (Lipinski definition) is 1. The van der Waals surface area contributed by atoms with Crippen LogP contribution in [-0.4, -0.2) is 13.9 Å². The molecule has 0 spiro atoms. The summed E-state index contributed by atoms with van der Waals surface area (Å²) in [6.07, 6.45) is 1.96. The maximum absolute atomic E-state index is 13.5. The van der Waals surface area contributed by atoms with Gasteiger partial charge in [-0.25, -0.2) is 17.7 Å². The van der Waals surface area contributed by atoms with Crippen LogP contribution in [0.15, 0.2) is 34.9 Å². The average molecular weight is 431 g/mol. The lowest BCUT2D eigenvalue weighted by Gasteiger charge is -2.25. The SMILES string of the molecule is Cc1cnc([C@H](Cc2cc(F)cc(F)c2)N[S@@](=O)C(C)(C)C)c(Br)c1. The van der Waals surface area contributed by atoms with Gasteiger partial charge in [0.25, 0.3) is 0 Å². The maximum atomic E-state index is 13.5. The maximum Gasteiger partial charge on any atom is 0.126 e. The first kappa shape index (κ1) is 20.1. The molecular weight excluding hydrogens is 410 g/mol. The molecule has 1 N–H and O–H groups in total. The molecule has 0 saturated heterocycles. The Bertz CT molecular complexity index is 773. The predicted molar refractivity (Wildman–Crippen MR) is 101 cm³/mol. The molecule has 0 unspecified atom stereocenters. The molecule has 0 fully saturated rings. The summed E-state index contributed by atoms with van der Waals surface area (Å²) in [6.45, 7) is 7.48. The van der Waals surface area contributed by atoms with Gasteiger partial charge in [-0.1, -0.05) is 0 Å². The van der Waals surface area contributed by atoms with Crippen molar-refractivity contribution in [3.8, 4) is 0 Å². The molecule has 1 aromatic heterocycles. The van der Waals surface area contributed by atoms with Crippen LogP contribution in [0.1, 0.15) is 43.6 Å². The third-order valence-corrected chi connectivity index (χ3v) is 5.75. The number of hydrogen-bond acceptors (Lipinski definition) is 2. The van der Waals surface area contributed by atoms with Crippen molar-refractivity contribution in [3.05, 3.63) is 63.4 Å². The van der Waals surface area contributed by atoms with E-state index in [0.717, 1.165) is 16.1 Å². The lowest BCUT2D eigenvalue weighted by Crippen LogP contribution is -2.37. The molecule has 1 aromatic carbocycles. The van der Waals surface area contributed by atoms with Gasteiger partial charge in [-0.05, 0) is 79.4 Å². The Morgan fingerprint density at radius 2 is 1.80 bits per heavy atom. The lowest BCUT2D eigenvalue weighted by molar-refractivity contribution is 0.565. The van der Waals surface area contributed by atoms with Crippen LogP contribution in [0, 0.1) is 18.6 Å². The lowest BCUT2D eigenvalue weighted by atomic mass is 10.0. The third-order valence-electron chi connectivity index (χ3n) is 3.50. The standard InChI is InChI=1S/C18H21BrF2N2OS/c1-11-5-15(19)17(22-10-11)16(23-25(24)18(2,3)4)8-12-6-13(20)9-14(21)7-12/h5-7,9-10,16,23H,8H2,1-4H3/t16-,25-/m0/s1. The van der Waals surface area contributed by atoms with Crippen LogP contribution in [0.3, 0.4) is 0 Å². The van der Waals surface area contributed by atoms with Crippen LogP contribution < -0.4 is 4.72 Å². The van der Waals surface area contributed by atoms with E-state index < -0.39 is 33.4 Å². The number of aryl methyl sites for hydroxylation is 1. The average Bonchev–Trinajstić information content (AvgIpc) is 2.44. The Balaban J connectivity index is 2.39. The normalized spacial score (nSPS) is 14.4. The van der Waals surface area contributed by atoms with Crippen LogP contribution in [0.4, 0.5) is 8.78 Å². The van der Waals surface area contributed by atoms with E-state index in [-0.39, 0.29) is 6.42 Å². The molecule has 2 rings (SSSR count). The summed E-state index contributed by atoms with van der Waals surface area (Å²) in [6, 6.07) is 4.83. The summed E-state index contributed by atoms with van der Waals surface area (Å²) in [4.78, 5) is 4.42. The summed E-state index contributed by atoms with van der Waals surface area (Å²) >= 11 is 3.48. The summed E-state index contributed by atoms with van der Waals surface area (Å²) < 4.78 is 42.9. The van der Waals surface area contributed by atoms with E-state index in [0.29, 0.717) is 11.3 Å². The van der Waals surface area contributed by atoms with Gasteiger partial charge in [-0.15, -0.1) is 0 Å². The molecule has 2 atom stereocenters. The largest absolute Gasteiger partial charge is 0.258 e. The Hall–Kier alpha value is -1.18. The van der Waals surface area contributed by atoms with Crippen molar-refractivity contribution in [3.63, 3.8) is 0 Å². The van der Waals surface area contributed by atoms with Gasteiger partial charge < -0.3 is 0 Å². The van der Waals surface area contributed by atoms with Crippen LogP contribution in [0.2, 0.25) is 0 Å². The zero-order chi connectivity index (χ0) is 18.8. The number of rotatable bonds is 5. The van der Waals surface area contributed by atoms with E-state index >= 15 is 0 Å². The van der Waals surface area contributed by atoms with Crippen molar-refractivity contribution in [2.24, 2.45) is 0 Å². The van der Waals surface area contributed by atoms with E-state index in [4.69, 9.17) is 0 Å². The number of pyridine rings is 1. The highest BCUT2D eigenvalue weighted by Crippen LogP contribution is 2.27. The summed E-state index contributed by atoms with van der Waals surface area (Å²) in [5, 5.41) is 0. The minimum absolute atomic E-state index is 0.255. The summed E-state index contributed by atoms with van der Waals surface area (Å²) in [5.41, 5.74) is 2.09. The molecule has 25 heavy (non-hydrogen) atoms. The zero-order valence-corrected chi connectivity index (χ0v) is 17.0. The van der Waals surface area contributed by atoms with Crippen LogP contribution >= 0.6 is 15.9 Å². The monoisotopic (exact) mass is 430 g/mol. The first-order valence-corrected chi connectivity index (χ1v) is 9.75. The van der Waals surface area contributed by atoms with Crippen molar-refractivity contribution in [1.29, 1.82) is 0 Å². The van der Waals surface area contributed by atoms with Gasteiger partial charge in [-0.2, -0.15) is 0 Å². The molecule has 2 aromatic rings. The van der Waals surface area contributed by atoms with Gasteiger partial charge in [0.15, 0.2) is 0 Å². The molecule has 0 aliphatic carbocycles. The van der Waals surface area contributed by atoms with Gasteiger partial charge >= 0.3 is 0 Å². The van der Waals surface area contributed by atoms with Gasteiger partial charge in [-0.3, -0.25) is 4.98 Å². The predicted octanol–water partition coefficient (Wildman–Crippen LogP) is 4.77. The number of benzene rings is 1. The molecule has 7 heteroatoms. The second kappa shape index (κ2) is 8.01. The van der Waals surface area contributed by atoms with E-state index in [1.54, 1.807) is 6.20 Å². The highest BCUT2D eigenvalue weighted by molar-refractivity contribution is 9.10. The van der Waals surface area contributed by atoms with Crippen molar-refractivity contribution in [2.45, 2.75) is 44.9 Å². The minimum atomic E-state index is -1.36. The van der Waals surface area contributed by atoms with E-state index in [2.05, 4.69) is 25.6 Å². The van der Waals surface area contributed by atoms with E-state index in [1.165, 1.54) is 12.1 Å². The Morgan fingerprint density at radius 3 is 2.32 bits per heavy atom. The fourth-order valence-electron chi connectivity index (χ4n) is 2.27. The molecule has 1 heterocycles. The quantitative estimate of drug-likeness (QED) is 0.742. The number of aromatic nitrogens is 1. The Kier molecular flexibility index (Phi) is 6.45. The van der Waals surface area contributed by atoms with Gasteiger partial charge in [0.1, 0.15) is 11.6 Å². The molecule has 0 aliphatic heterocycles. The Morgan fingerprint density at radius 1 is 1.20 bits per heavy atom. The van der Waals surface area contributed by atoms with Crippen LogP contribution in [0.5, 0.6) is 0 Å². The molecule has 0 aliphatic rings. The molecule has 0 radical (unpaired) electrons. The van der Waals surface area contributed by atoms with Crippen molar-refractivity contribution < 1.29 is 13.0 Å². The molecule has 0 amide bonds. The molecule has 136 valence electrons. The first-order valence-electron chi connectivity index (χ1n) is 7.81. The number of halogens is 3. The highest BCUT2D eigenvalue weighted by Gasteiger charge is 2.26. The van der Waals surface area contributed by atoms with Crippen molar-refractivity contribution >= 4 is 26.9 Å². The van der Waals surface area contributed by atoms with E-state index in [9.17, 15) is 13.0 Å². The molecule has 3 nitrogen and oxygen atoms in total. The smallest absolute Gasteiger partial charge is 0.126 e. The van der Waals surface area contributed by atoms with Crippen molar-refractivity contribution in [2.75, 3.05) is 0 Å². The molecule has 0 bridgehead atoms. The van der Waals surface area contributed by atoms with E-state index in [1.807, 2.05) is 33.8 Å². The van der Waals surface area contributed by atoms with Crippen LogP contribution in [0.25, 0.3) is 0 Å². The number of nitrogens with one attached hydrogen (secondary N) is 1. The molecule has 0 saturated carbocycles. The summed E-state index contributed by atoms with van der Waals surface area (Å²) in [5.74, 6) is -1.27. The Labute approximate surface area is 158 Å². The van der Waals surface area contributed by atoms with Gasteiger partial charge in [0.2, 0.25) is 0 Å². The summed E-state index contributed by atoms with van der Waals surface area (Å²) in [7, 11) is -1.36. The number of nitrogens with zero attached hydrogens (tertiary/aromatic N) is 1. The second-order valence-electron chi connectivity index (χ2n) is 6.91. The van der Waals surface area contributed by atoms with Gasteiger partial charge in [0, 0.05) is 16.7 Å². The fourth-order valence-corrected chi connectivity index (χ4v) is 3.81. The third kappa shape index (κ3) is 5.66. The van der Waals surface area contributed by atoms with Gasteiger partial charge in [0.05, 0.1) is 27.5 Å². The second-order valence-corrected chi connectivity index (χ2v) is 9.77.